The van der Waals surface area contributed by atoms with Gasteiger partial charge in [-0.25, -0.2) is 10.1 Å². The summed E-state index contributed by atoms with van der Waals surface area (Å²) in [5, 5.41) is 0. The van der Waals surface area contributed by atoms with Gasteiger partial charge in [-0.2, -0.15) is 29.8 Å². The molecule has 0 fully saturated rings. The van der Waals surface area contributed by atoms with Crippen LogP contribution in [0.5, 0.6) is 0 Å². The molecule has 4 heteroatoms. The van der Waals surface area contributed by atoms with Crippen LogP contribution in [0.2, 0.25) is 0 Å². The number of rotatable bonds is 5. The number of hydrogen-bond donors (Lipinski definition) is 0. The van der Waals surface area contributed by atoms with Crippen LogP contribution in [0.1, 0.15) is 67.3 Å². The van der Waals surface area contributed by atoms with E-state index in [1.165, 1.54) is 44.8 Å². The Bertz CT molecular complexity index is 1770. The smallest absolute Gasteiger partial charge is 0.308 e. The fourth-order valence-electron chi connectivity index (χ4n) is 5.84. The number of benzene rings is 4. The summed E-state index contributed by atoms with van der Waals surface area (Å²) in [6.45, 7) is 11.4. The summed E-state index contributed by atoms with van der Waals surface area (Å²) in [6.07, 6.45) is 8.14. The molecular formula is C37H36N3Y-. The van der Waals surface area contributed by atoms with E-state index in [-0.39, 0.29) is 32.7 Å². The third-order valence-corrected chi connectivity index (χ3v) is 7.86. The molecule has 1 aromatic heterocycles. The molecule has 2 heterocycles. The van der Waals surface area contributed by atoms with Crippen LogP contribution in [0.3, 0.4) is 0 Å². The third-order valence-electron chi connectivity index (χ3n) is 7.86. The molecular weight excluding hydrogens is 575 g/mol. The van der Waals surface area contributed by atoms with Gasteiger partial charge < -0.3 is 4.58 Å². The molecule has 1 radical (unpaired) electrons. The summed E-state index contributed by atoms with van der Waals surface area (Å²) >= 11 is 0. The van der Waals surface area contributed by atoms with Crippen LogP contribution in [0.4, 0.5) is 5.69 Å². The van der Waals surface area contributed by atoms with E-state index in [1.807, 2.05) is 12.1 Å². The predicted molar refractivity (Wildman–Crippen MR) is 165 cm³/mol. The summed E-state index contributed by atoms with van der Waals surface area (Å²) in [6, 6.07) is 33.6. The van der Waals surface area contributed by atoms with E-state index >= 15 is 0 Å². The molecule has 6 rings (SSSR count). The summed E-state index contributed by atoms with van der Waals surface area (Å²) < 4.78 is 6.83. The second-order valence-electron chi connectivity index (χ2n) is 11.3. The molecule has 41 heavy (non-hydrogen) atoms. The maximum atomic E-state index is 3.78. The van der Waals surface area contributed by atoms with Crippen molar-refractivity contribution in [1.29, 1.82) is 0 Å². The first-order chi connectivity index (χ1) is 19.3. The van der Waals surface area contributed by atoms with Gasteiger partial charge in [0.25, 0.3) is 0 Å². The topological polar surface area (TPSA) is 12.9 Å². The number of aromatic nitrogens is 2. The zero-order valence-corrected chi connectivity index (χ0v) is 27.6. The first-order valence-corrected chi connectivity index (χ1v) is 14.2. The molecule has 203 valence electrons. The number of para-hydroxylation sites is 1. The van der Waals surface area contributed by atoms with Crippen LogP contribution in [0.25, 0.3) is 22.4 Å². The van der Waals surface area contributed by atoms with Crippen LogP contribution >= 0.6 is 0 Å². The van der Waals surface area contributed by atoms with Crippen LogP contribution in [0, 0.1) is 19.2 Å². The van der Waals surface area contributed by atoms with Crippen molar-refractivity contribution in [3.05, 3.63) is 143 Å². The third kappa shape index (κ3) is 5.27. The SMILES string of the molecule is Cc1cccc2c1[N+](=c1n(C)ccn1-c1c(C(C)C)cc(-c3ccccc3)cc1C(C)C)[C-]=C2c1[c-]cccc1.[Y]. The molecule has 0 N–H and O–H groups in total. The summed E-state index contributed by atoms with van der Waals surface area (Å²) in [7, 11) is 2.13. The quantitative estimate of drug-likeness (QED) is 0.141. The Labute approximate surface area is 269 Å². The normalized spacial score (nSPS) is 13.8. The van der Waals surface area contributed by atoms with Gasteiger partial charge in [-0.05, 0) is 59.3 Å². The van der Waals surface area contributed by atoms with Gasteiger partial charge in [0.2, 0.25) is 0 Å². The van der Waals surface area contributed by atoms with Crippen molar-refractivity contribution in [2.45, 2.75) is 46.5 Å². The van der Waals surface area contributed by atoms with Gasteiger partial charge in [0.1, 0.15) is 5.69 Å². The maximum absolute atomic E-state index is 3.78. The number of aryl methyl sites for hydroxylation is 2. The number of nitrogens with zero attached hydrogens (tertiary/aromatic N) is 3. The predicted octanol–water partition coefficient (Wildman–Crippen LogP) is 8.15. The Morgan fingerprint density at radius 1 is 0.756 bits per heavy atom. The molecule has 0 saturated heterocycles. The molecule has 0 aliphatic carbocycles. The van der Waals surface area contributed by atoms with Gasteiger partial charge in [0.15, 0.2) is 0 Å². The second-order valence-corrected chi connectivity index (χ2v) is 11.3. The minimum absolute atomic E-state index is 0. The zero-order chi connectivity index (χ0) is 28.0. The Kier molecular flexibility index (Phi) is 8.50. The molecule has 5 aromatic rings. The fraction of sp³-hybridized carbons (Fsp3) is 0.216. The Morgan fingerprint density at radius 3 is 2.07 bits per heavy atom. The standard InChI is InChI=1S/C37H36N3.Y/c1-25(2)32-22-30(28-15-9-7-10-16-28)23-33(26(3)4)36(32)39-21-20-38(6)37(39)40-24-34(29-17-11-8-12-18-29)31-19-13-14-27(5)35(31)40;/h7-17,19-23,25-26H,1-6H3;/q-1;. The summed E-state index contributed by atoms with van der Waals surface area (Å²) in [4.78, 5) is 0. The molecule has 0 bridgehead atoms. The van der Waals surface area contributed by atoms with Crippen molar-refractivity contribution < 1.29 is 32.7 Å². The maximum Gasteiger partial charge on any atom is 0.308 e. The molecule has 4 aromatic carbocycles. The average Bonchev–Trinajstić information content (AvgIpc) is 3.54. The van der Waals surface area contributed by atoms with E-state index in [9.17, 15) is 0 Å². The van der Waals surface area contributed by atoms with Gasteiger partial charge in [-0.15, -0.1) is 17.7 Å². The van der Waals surface area contributed by atoms with Crippen molar-refractivity contribution in [3.63, 3.8) is 0 Å². The van der Waals surface area contributed by atoms with Crippen LogP contribution in [-0.4, -0.2) is 9.13 Å². The summed E-state index contributed by atoms with van der Waals surface area (Å²) in [5.74, 6) is 0.691. The van der Waals surface area contributed by atoms with Crippen molar-refractivity contribution >= 4 is 11.3 Å². The van der Waals surface area contributed by atoms with E-state index in [4.69, 9.17) is 0 Å². The Morgan fingerprint density at radius 2 is 1.44 bits per heavy atom. The molecule has 0 unspecified atom stereocenters. The molecule has 1 aliphatic rings. The second kappa shape index (κ2) is 11.9. The number of imidazole rings is 1. The Hall–Kier alpha value is -3.27. The minimum Gasteiger partial charge on any atom is -0.313 e. The van der Waals surface area contributed by atoms with Gasteiger partial charge in [-0.1, -0.05) is 75.7 Å². The van der Waals surface area contributed by atoms with E-state index in [1.54, 1.807) is 0 Å². The van der Waals surface area contributed by atoms with Crippen LogP contribution < -0.4 is 10.2 Å². The van der Waals surface area contributed by atoms with Crippen LogP contribution in [-0.2, 0) is 39.8 Å². The van der Waals surface area contributed by atoms with Crippen molar-refractivity contribution in [2.24, 2.45) is 7.05 Å². The molecule has 0 spiro atoms. The molecule has 1 aliphatic heterocycles. The number of fused-ring (bicyclic) bond motifs is 1. The molecule has 3 nitrogen and oxygen atoms in total. The average molecular weight is 612 g/mol. The first-order valence-electron chi connectivity index (χ1n) is 14.2. The van der Waals surface area contributed by atoms with Crippen molar-refractivity contribution in [1.82, 2.24) is 13.7 Å². The zero-order valence-electron chi connectivity index (χ0n) is 24.8. The number of hydrogen-bond acceptors (Lipinski definition) is 0. The minimum atomic E-state index is 0. The molecule has 0 amide bonds. The van der Waals surface area contributed by atoms with Gasteiger partial charge in [0.05, 0.1) is 19.4 Å². The summed E-state index contributed by atoms with van der Waals surface area (Å²) in [5.41, 5.74) is 13.2. The fourth-order valence-corrected chi connectivity index (χ4v) is 5.84. The van der Waals surface area contributed by atoms with Gasteiger partial charge in [-0.3, -0.25) is 4.57 Å². The molecule has 0 saturated carbocycles. The van der Waals surface area contributed by atoms with Crippen molar-refractivity contribution in [2.75, 3.05) is 0 Å². The monoisotopic (exact) mass is 611 g/mol. The van der Waals surface area contributed by atoms with Gasteiger partial charge in [0, 0.05) is 38.4 Å². The largest absolute Gasteiger partial charge is 0.313 e. The van der Waals surface area contributed by atoms with E-state index in [2.05, 4.69) is 153 Å². The van der Waals surface area contributed by atoms with E-state index < -0.39 is 0 Å². The Balaban J connectivity index is 0.00000337. The van der Waals surface area contributed by atoms with E-state index in [0.717, 1.165) is 16.8 Å². The van der Waals surface area contributed by atoms with E-state index in [0.29, 0.717) is 11.8 Å². The van der Waals surface area contributed by atoms with Gasteiger partial charge >= 0.3 is 5.62 Å². The van der Waals surface area contributed by atoms with Crippen LogP contribution in [0.15, 0.2) is 97.3 Å². The molecule has 0 atom stereocenters. The van der Waals surface area contributed by atoms with Crippen molar-refractivity contribution in [3.8, 4) is 16.8 Å². The first kappa shape index (κ1) is 29.2.